The molecule has 0 bridgehead atoms. The van der Waals surface area contributed by atoms with Crippen LogP contribution in [0.3, 0.4) is 0 Å². The van der Waals surface area contributed by atoms with Crippen molar-refractivity contribution in [2.75, 3.05) is 13.6 Å². The number of aromatic nitrogens is 2. The van der Waals surface area contributed by atoms with Gasteiger partial charge in [-0.05, 0) is 41.5 Å². The Labute approximate surface area is 177 Å². The third-order valence-corrected chi connectivity index (χ3v) is 5.03. The van der Waals surface area contributed by atoms with Crippen molar-refractivity contribution in [1.82, 2.24) is 20.0 Å². The molecule has 0 aliphatic carbocycles. The number of amides is 2. The normalized spacial score (nSPS) is 15.8. The van der Waals surface area contributed by atoms with Crippen molar-refractivity contribution in [1.29, 1.82) is 0 Å². The number of hydrogen-bond donors (Lipinski definition) is 1. The number of aryl methyl sites for hydroxylation is 1. The lowest BCUT2D eigenvalue weighted by molar-refractivity contribution is 0.156. The maximum atomic E-state index is 14.4. The van der Waals surface area contributed by atoms with E-state index in [9.17, 15) is 18.7 Å². The molecule has 0 saturated heterocycles. The van der Waals surface area contributed by atoms with E-state index < -0.39 is 17.7 Å². The molecule has 7 nitrogen and oxygen atoms in total. The molecule has 0 saturated carbocycles. The van der Waals surface area contributed by atoms with Crippen molar-refractivity contribution in [2.24, 2.45) is 0 Å². The third kappa shape index (κ3) is 4.25. The molecule has 31 heavy (non-hydrogen) atoms. The number of urea groups is 1. The fourth-order valence-corrected chi connectivity index (χ4v) is 3.60. The lowest BCUT2D eigenvalue weighted by atomic mass is 10.0. The molecule has 9 heteroatoms. The van der Waals surface area contributed by atoms with Crippen LogP contribution in [0, 0.1) is 18.6 Å². The van der Waals surface area contributed by atoms with E-state index in [1.54, 1.807) is 32.2 Å². The SMILES string of the molecule is Cc1nnc(CN(C)C(=O)N2CC(c3cc(F)ccc3F)=CC2c2cccc(O)c2)o1. The minimum Gasteiger partial charge on any atom is -0.508 e. The zero-order valence-corrected chi connectivity index (χ0v) is 16.9. The van der Waals surface area contributed by atoms with Crippen LogP contribution in [0.5, 0.6) is 5.75 Å². The van der Waals surface area contributed by atoms with Gasteiger partial charge >= 0.3 is 6.03 Å². The second-order valence-corrected chi connectivity index (χ2v) is 7.34. The number of carbonyl (C=O) groups is 1. The van der Waals surface area contributed by atoms with Gasteiger partial charge in [-0.25, -0.2) is 13.6 Å². The van der Waals surface area contributed by atoms with E-state index >= 15 is 0 Å². The summed E-state index contributed by atoms with van der Waals surface area (Å²) in [6.45, 7) is 1.81. The first-order valence-electron chi connectivity index (χ1n) is 9.57. The Balaban J connectivity index is 1.66. The first-order chi connectivity index (χ1) is 14.8. The smallest absolute Gasteiger partial charge is 0.321 e. The lowest BCUT2D eigenvalue weighted by Gasteiger charge is -2.29. The highest BCUT2D eigenvalue weighted by Crippen LogP contribution is 2.37. The minimum absolute atomic E-state index is 0.0402. The highest BCUT2D eigenvalue weighted by atomic mass is 19.1. The predicted molar refractivity (Wildman–Crippen MR) is 108 cm³/mol. The summed E-state index contributed by atoms with van der Waals surface area (Å²) in [6, 6.07) is 8.74. The Morgan fingerprint density at radius 1 is 1.26 bits per heavy atom. The third-order valence-electron chi connectivity index (χ3n) is 5.03. The Morgan fingerprint density at radius 3 is 2.77 bits per heavy atom. The Hall–Kier alpha value is -3.75. The summed E-state index contributed by atoms with van der Waals surface area (Å²) < 4.78 is 33.5. The molecule has 0 spiro atoms. The fraction of sp³-hybridized carbons (Fsp3) is 0.227. The second kappa shape index (κ2) is 8.17. The molecule has 2 aromatic carbocycles. The average Bonchev–Trinajstić information content (AvgIpc) is 3.35. The van der Waals surface area contributed by atoms with Crippen LogP contribution in [0.4, 0.5) is 13.6 Å². The van der Waals surface area contributed by atoms with Crippen molar-refractivity contribution >= 4 is 11.6 Å². The standard InChI is InChI=1S/C22H20F2N4O3/c1-13-25-26-21(31-13)12-27(2)22(30)28-11-15(18-10-16(23)6-7-19(18)24)9-20(28)14-4-3-5-17(29)8-14/h3-10,20,29H,11-12H2,1-2H3. The number of hydrogen-bond acceptors (Lipinski definition) is 5. The number of phenolic OH excluding ortho intramolecular Hbond substituents is 1. The van der Waals surface area contributed by atoms with Crippen LogP contribution in [0.1, 0.15) is 29.0 Å². The molecule has 1 N–H and O–H groups in total. The fourth-order valence-electron chi connectivity index (χ4n) is 3.60. The molecular weight excluding hydrogens is 406 g/mol. The monoisotopic (exact) mass is 426 g/mol. The van der Waals surface area contributed by atoms with Crippen LogP contribution in [0.25, 0.3) is 5.57 Å². The number of nitrogens with zero attached hydrogens (tertiary/aromatic N) is 4. The Morgan fingerprint density at radius 2 is 2.06 bits per heavy atom. The van der Waals surface area contributed by atoms with Crippen LogP contribution < -0.4 is 0 Å². The van der Waals surface area contributed by atoms with E-state index in [0.29, 0.717) is 17.0 Å². The van der Waals surface area contributed by atoms with Gasteiger partial charge in [0.25, 0.3) is 0 Å². The number of aromatic hydroxyl groups is 1. The van der Waals surface area contributed by atoms with Gasteiger partial charge in [0.15, 0.2) is 0 Å². The summed E-state index contributed by atoms with van der Waals surface area (Å²) in [5.74, 6) is -0.435. The molecule has 1 atom stereocenters. The van der Waals surface area contributed by atoms with E-state index in [4.69, 9.17) is 4.42 Å². The van der Waals surface area contributed by atoms with Crippen molar-refractivity contribution in [3.63, 3.8) is 0 Å². The summed E-state index contributed by atoms with van der Waals surface area (Å²) in [6.07, 6.45) is 1.70. The van der Waals surface area contributed by atoms with Crippen LogP contribution >= 0.6 is 0 Å². The van der Waals surface area contributed by atoms with Gasteiger partial charge in [0, 0.05) is 26.1 Å². The number of phenols is 1. The van der Waals surface area contributed by atoms with Gasteiger partial charge in [0.05, 0.1) is 6.04 Å². The molecule has 1 unspecified atom stereocenters. The highest BCUT2D eigenvalue weighted by Gasteiger charge is 2.34. The Kier molecular flexibility index (Phi) is 5.41. The second-order valence-electron chi connectivity index (χ2n) is 7.34. The quantitative estimate of drug-likeness (QED) is 0.681. The molecule has 1 aliphatic heterocycles. The van der Waals surface area contributed by atoms with Crippen molar-refractivity contribution in [3.8, 4) is 5.75 Å². The molecule has 2 amide bonds. The van der Waals surface area contributed by atoms with Crippen LogP contribution in [-0.2, 0) is 6.54 Å². The van der Waals surface area contributed by atoms with Gasteiger partial charge in [0.1, 0.15) is 23.9 Å². The number of carbonyl (C=O) groups excluding carboxylic acids is 1. The average molecular weight is 426 g/mol. The van der Waals surface area contributed by atoms with E-state index in [2.05, 4.69) is 10.2 Å². The maximum absolute atomic E-state index is 14.4. The molecule has 3 aromatic rings. The predicted octanol–water partition coefficient (Wildman–Crippen LogP) is 4.05. The maximum Gasteiger partial charge on any atom is 0.321 e. The summed E-state index contributed by atoms with van der Waals surface area (Å²) in [7, 11) is 1.59. The van der Waals surface area contributed by atoms with Crippen LogP contribution in [0.15, 0.2) is 53.0 Å². The zero-order chi connectivity index (χ0) is 22.1. The van der Waals surface area contributed by atoms with Crippen molar-refractivity contribution < 1.29 is 23.1 Å². The van der Waals surface area contributed by atoms with Gasteiger partial charge < -0.3 is 19.3 Å². The molecule has 0 radical (unpaired) electrons. The van der Waals surface area contributed by atoms with Gasteiger partial charge in [-0.3, -0.25) is 0 Å². The van der Waals surface area contributed by atoms with E-state index in [0.717, 1.165) is 18.2 Å². The molecule has 160 valence electrons. The van der Waals surface area contributed by atoms with Gasteiger partial charge in [-0.1, -0.05) is 18.2 Å². The van der Waals surface area contributed by atoms with Crippen LogP contribution in [0.2, 0.25) is 0 Å². The largest absolute Gasteiger partial charge is 0.508 e. The molecule has 1 aromatic heterocycles. The topological polar surface area (TPSA) is 82.7 Å². The van der Waals surface area contributed by atoms with Crippen LogP contribution in [-0.4, -0.2) is 44.7 Å². The molecule has 0 fully saturated rings. The summed E-state index contributed by atoms with van der Waals surface area (Å²) in [5, 5.41) is 17.6. The lowest BCUT2D eigenvalue weighted by Crippen LogP contribution is -2.41. The van der Waals surface area contributed by atoms with Gasteiger partial charge in [-0.15, -0.1) is 10.2 Å². The Bertz CT molecular complexity index is 1160. The number of benzene rings is 2. The summed E-state index contributed by atoms with van der Waals surface area (Å²) >= 11 is 0. The van der Waals surface area contributed by atoms with Crippen molar-refractivity contribution in [2.45, 2.75) is 19.5 Å². The van der Waals surface area contributed by atoms with Gasteiger partial charge in [-0.2, -0.15) is 0 Å². The summed E-state index contributed by atoms with van der Waals surface area (Å²) in [5.41, 5.74) is 1.21. The van der Waals surface area contributed by atoms with Crippen molar-refractivity contribution in [3.05, 3.63) is 83.1 Å². The molecular formula is C22H20F2N4O3. The van der Waals surface area contributed by atoms with E-state index in [1.165, 1.54) is 21.9 Å². The number of rotatable bonds is 4. The number of halogens is 2. The molecule has 2 heterocycles. The van der Waals surface area contributed by atoms with E-state index in [-0.39, 0.29) is 36.3 Å². The first-order valence-corrected chi connectivity index (χ1v) is 9.57. The first kappa shape index (κ1) is 20.5. The molecule has 4 rings (SSSR count). The highest BCUT2D eigenvalue weighted by molar-refractivity contribution is 5.82. The molecule has 1 aliphatic rings. The van der Waals surface area contributed by atoms with E-state index in [1.807, 2.05) is 0 Å². The summed E-state index contributed by atoms with van der Waals surface area (Å²) in [4.78, 5) is 16.2. The zero-order valence-electron chi connectivity index (χ0n) is 16.9. The van der Waals surface area contributed by atoms with Gasteiger partial charge in [0.2, 0.25) is 11.8 Å². The minimum atomic E-state index is -0.580.